The first-order valence-electron chi connectivity index (χ1n) is 6.73. The second kappa shape index (κ2) is 4.67. The van der Waals surface area contributed by atoms with Crippen LogP contribution in [0, 0.1) is 6.92 Å². The molecule has 0 aliphatic heterocycles. The van der Waals surface area contributed by atoms with Gasteiger partial charge in [-0.2, -0.15) is 0 Å². The summed E-state index contributed by atoms with van der Waals surface area (Å²) in [6.45, 7) is 2.12. The van der Waals surface area contributed by atoms with Crippen molar-refractivity contribution < 1.29 is 0 Å². The lowest BCUT2D eigenvalue weighted by molar-refractivity contribution is 1.11. The fourth-order valence-corrected chi connectivity index (χ4v) is 2.92. The van der Waals surface area contributed by atoms with Crippen molar-refractivity contribution in [2.75, 3.05) is 0 Å². The van der Waals surface area contributed by atoms with Gasteiger partial charge in [0.25, 0.3) is 0 Å². The third kappa shape index (κ3) is 1.94. The Kier molecular flexibility index (Phi) is 2.79. The van der Waals surface area contributed by atoms with Gasteiger partial charge in [0.05, 0.1) is 0 Å². The standard InChI is InChI=1S/C17H12BrN3/c1-11-3-2-4-15-14(11)9-10-21-16(19-20-17(15)21)12-5-7-13(18)8-6-12/h2-10H,1H3. The van der Waals surface area contributed by atoms with E-state index in [1.54, 1.807) is 0 Å². The number of halogens is 1. The Labute approximate surface area is 130 Å². The van der Waals surface area contributed by atoms with Crippen LogP contribution in [0.2, 0.25) is 0 Å². The number of pyridine rings is 1. The molecule has 0 unspecified atom stereocenters. The Bertz CT molecular complexity index is 955. The molecule has 0 amide bonds. The first-order chi connectivity index (χ1) is 10.2. The number of rotatable bonds is 1. The average Bonchev–Trinajstić information content (AvgIpc) is 2.93. The molecule has 4 aromatic rings. The smallest absolute Gasteiger partial charge is 0.168 e. The van der Waals surface area contributed by atoms with Gasteiger partial charge in [-0.15, -0.1) is 10.2 Å². The van der Waals surface area contributed by atoms with Gasteiger partial charge >= 0.3 is 0 Å². The molecule has 0 atom stereocenters. The lowest BCUT2D eigenvalue weighted by Gasteiger charge is -2.05. The summed E-state index contributed by atoms with van der Waals surface area (Å²) in [5.74, 6) is 0.862. The molecular formula is C17H12BrN3. The molecule has 0 saturated heterocycles. The average molecular weight is 338 g/mol. The SMILES string of the molecule is Cc1cccc2c1ccn1c(-c3ccc(Br)cc3)nnc21. The number of nitrogens with zero attached hydrogens (tertiary/aromatic N) is 3. The van der Waals surface area contributed by atoms with E-state index in [1.807, 2.05) is 34.9 Å². The Hall–Kier alpha value is -2.20. The Morgan fingerprint density at radius 1 is 0.905 bits per heavy atom. The molecule has 4 rings (SSSR count). The monoisotopic (exact) mass is 337 g/mol. The molecule has 3 nitrogen and oxygen atoms in total. The number of hydrogen-bond acceptors (Lipinski definition) is 2. The summed E-state index contributed by atoms with van der Waals surface area (Å²) in [7, 11) is 0. The van der Waals surface area contributed by atoms with E-state index in [2.05, 4.69) is 57.3 Å². The molecular weight excluding hydrogens is 326 g/mol. The van der Waals surface area contributed by atoms with Gasteiger partial charge in [0.2, 0.25) is 0 Å². The summed E-state index contributed by atoms with van der Waals surface area (Å²) in [5.41, 5.74) is 3.20. The van der Waals surface area contributed by atoms with Crippen LogP contribution in [0.4, 0.5) is 0 Å². The topological polar surface area (TPSA) is 30.2 Å². The minimum absolute atomic E-state index is 0.862. The zero-order valence-corrected chi connectivity index (χ0v) is 13.0. The lowest BCUT2D eigenvalue weighted by Crippen LogP contribution is -1.90. The summed E-state index contributed by atoms with van der Waals surface area (Å²) < 4.78 is 3.10. The molecule has 0 aliphatic rings. The van der Waals surface area contributed by atoms with Crippen LogP contribution in [0.3, 0.4) is 0 Å². The van der Waals surface area contributed by atoms with E-state index in [0.717, 1.165) is 26.9 Å². The second-order valence-electron chi connectivity index (χ2n) is 5.08. The Balaban J connectivity index is 2.03. The molecule has 4 heteroatoms. The van der Waals surface area contributed by atoms with Crippen molar-refractivity contribution in [2.45, 2.75) is 6.92 Å². The predicted molar refractivity (Wildman–Crippen MR) is 88.4 cm³/mol. The van der Waals surface area contributed by atoms with Crippen molar-refractivity contribution in [1.29, 1.82) is 0 Å². The van der Waals surface area contributed by atoms with Gasteiger partial charge < -0.3 is 0 Å². The van der Waals surface area contributed by atoms with Gasteiger partial charge in [0.1, 0.15) is 0 Å². The molecule has 2 heterocycles. The highest BCUT2D eigenvalue weighted by Gasteiger charge is 2.11. The van der Waals surface area contributed by atoms with E-state index in [0.29, 0.717) is 0 Å². The molecule has 2 aromatic carbocycles. The van der Waals surface area contributed by atoms with Crippen LogP contribution >= 0.6 is 15.9 Å². The van der Waals surface area contributed by atoms with Crippen LogP contribution in [0.15, 0.2) is 59.2 Å². The minimum Gasteiger partial charge on any atom is -0.282 e. The number of hydrogen-bond donors (Lipinski definition) is 0. The van der Waals surface area contributed by atoms with Gasteiger partial charge in [0.15, 0.2) is 11.5 Å². The molecule has 0 fully saturated rings. The van der Waals surface area contributed by atoms with Crippen LogP contribution in [0.1, 0.15) is 5.56 Å². The van der Waals surface area contributed by atoms with E-state index < -0.39 is 0 Å². The maximum atomic E-state index is 4.39. The lowest BCUT2D eigenvalue weighted by atomic mass is 10.1. The summed E-state index contributed by atoms with van der Waals surface area (Å²) in [4.78, 5) is 0. The van der Waals surface area contributed by atoms with Crippen LogP contribution in [-0.2, 0) is 0 Å². The van der Waals surface area contributed by atoms with Gasteiger partial charge in [-0.1, -0.05) is 46.3 Å². The quantitative estimate of drug-likeness (QED) is 0.507. The molecule has 0 bridgehead atoms. The molecule has 0 N–H and O–H groups in total. The molecule has 0 radical (unpaired) electrons. The first-order valence-corrected chi connectivity index (χ1v) is 7.52. The van der Waals surface area contributed by atoms with Crippen molar-refractivity contribution >= 4 is 32.3 Å². The van der Waals surface area contributed by atoms with Gasteiger partial charge in [-0.3, -0.25) is 4.40 Å². The van der Waals surface area contributed by atoms with Crippen molar-refractivity contribution in [1.82, 2.24) is 14.6 Å². The van der Waals surface area contributed by atoms with Gasteiger partial charge in [-0.25, -0.2) is 0 Å². The molecule has 102 valence electrons. The normalized spacial score (nSPS) is 11.3. The first kappa shape index (κ1) is 12.5. The number of aryl methyl sites for hydroxylation is 1. The Morgan fingerprint density at radius 2 is 1.71 bits per heavy atom. The second-order valence-corrected chi connectivity index (χ2v) is 5.99. The Morgan fingerprint density at radius 3 is 2.52 bits per heavy atom. The maximum Gasteiger partial charge on any atom is 0.168 e. The fraction of sp³-hybridized carbons (Fsp3) is 0.0588. The van der Waals surface area contributed by atoms with E-state index in [1.165, 1.54) is 10.9 Å². The van der Waals surface area contributed by atoms with E-state index in [-0.39, 0.29) is 0 Å². The van der Waals surface area contributed by atoms with Crippen LogP contribution in [0.5, 0.6) is 0 Å². The maximum absolute atomic E-state index is 4.39. The molecule has 0 saturated carbocycles. The zero-order valence-electron chi connectivity index (χ0n) is 11.4. The highest BCUT2D eigenvalue weighted by Crippen LogP contribution is 2.26. The van der Waals surface area contributed by atoms with Crippen molar-refractivity contribution in [3.8, 4) is 11.4 Å². The van der Waals surface area contributed by atoms with Crippen molar-refractivity contribution in [2.24, 2.45) is 0 Å². The number of fused-ring (bicyclic) bond motifs is 3. The van der Waals surface area contributed by atoms with Gasteiger partial charge in [0, 0.05) is 21.6 Å². The van der Waals surface area contributed by atoms with E-state index in [4.69, 9.17) is 0 Å². The summed E-state index contributed by atoms with van der Waals surface area (Å²) in [5, 5.41) is 11.1. The van der Waals surface area contributed by atoms with Crippen LogP contribution in [-0.4, -0.2) is 14.6 Å². The highest BCUT2D eigenvalue weighted by atomic mass is 79.9. The van der Waals surface area contributed by atoms with E-state index >= 15 is 0 Å². The molecule has 0 aliphatic carbocycles. The zero-order chi connectivity index (χ0) is 14.4. The van der Waals surface area contributed by atoms with Crippen LogP contribution < -0.4 is 0 Å². The number of benzene rings is 2. The summed E-state index contributed by atoms with van der Waals surface area (Å²) in [6.07, 6.45) is 2.04. The third-order valence-electron chi connectivity index (χ3n) is 3.75. The fourth-order valence-electron chi connectivity index (χ4n) is 2.66. The summed E-state index contributed by atoms with van der Waals surface area (Å²) in [6, 6.07) is 16.5. The number of aromatic nitrogens is 3. The van der Waals surface area contributed by atoms with Crippen molar-refractivity contribution in [3.63, 3.8) is 0 Å². The largest absolute Gasteiger partial charge is 0.282 e. The van der Waals surface area contributed by atoms with Crippen molar-refractivity contribution in [3.05, 3.63) is 64.8 Å². The van der Waals surface area contributed by atoms with Crippen LogP contribution in [0.25, 0.3) is 27.8 Å². The minimum atomic E-state index is 0.862. The predicted octanol–water partition coefficient (Wildman–Crippen LogP) is 4.62. The molecule has 21 heavy (non-hydrogen) atoms. The molecule has 2 aromatic heterocycles. The van der Waals surface area contributed by atoms with Gasteiger partial charge in [-0.05, 0) is 36.1 Å². The molecule has 0 spiro atoms. The third-order valence-corrected chi connectivity index (χ3v) is 4.28. The summed E-state index contributed by atoms with van der Waals surface area (Å²) >= 11 is 3.46. The highest BCUT2D eigenvalue weighted by molar-refractivity contribution is 9.10. The van der Waals surface area contributed by atoms with E-state index in [9.17, 15) is 0 Å².